The molecule has 1 rings (SSSR count). The number of nitrogens with two attached hydrogens (primary N) is 1. The topological polar surface area (TPSA) is 49.6 Å². The summed E-state index contributed by atoms with van der Waals surface area (Å²) in [6.45, 7) is 1.57. The molecule has 0 bridgehead atoms. The maximum atomic E-state index is 12.1. The highest BCUT2D eigenvalue weighted by Gasteiger charge is 2.17. The van der Waals surface area contributed by atoms with Crippen LogP contribution in [0.5, 0.6) is 0 Å². The summed E-state index contributed by atoms with van der Waals surface area (Å²) in [5, 5.41) is 0. The van der Waals surface area contributed by atoms with Crippen LogP contribution in [0.15, 0.2) is 30.3 Å². The van der Waals surface area contributed by atoms with Gasteiger partial charge in [-0.15, -0.1) is 0 Å². The molecule has 0 aromatic heterocycles. The van der Waals surface area contributed by atoms with Crippen LogP contribution in [0.1, 0.15) is 12.0 Å². The molecule has 1 aromatic rings. The van der Waals surface area contributed by atoms with Crippen LogP contribution in [0, 0.1) is 0 Å². The quantitative estimate of drug-likeness (QED) is 0.797. The average Bonchev–Trinajstić information content (AvgIpc) is 2.42. The van der Waals surface area contributed by atoms with E-state index in [4.69, 9.17) is 5.73 Å². The summed E-state index contributed by atoms with van der Waals surface area (Å²) in [5.41, 5.74) is 7.19. The molecule has 4 heteroatoms. The summed E-state index contributed by atoms with van der Waals surface area (Å²) in [6, 6.07) is 9.72. The van der Waals surface area contributed by atoms with E-state index in [-0.39, 0.29) is 5.91 Å². The molecule has 106 valence electrons. The van der Waals surface area contributed by atoms with Crippen LogP contribution in [0.2, 0.25) is 0 Å². The standard InChI is InChI=1S/C15H25N3O/c1-17(2)11-12-18(3)15(19)14(16)10-9-13-7-5-4-6-8-13/h4-8,14H,9-12,16H2,1-3H3/t14-/m0/s1. The van der Waals surface area contributed by atoms with Gasteiger partial charge < -0.3 is 15.5 Å². The van der Waals surface area contributed by atoms with E-state index in [0.29, 0.717) is 13.0 Å². The number of carbonyl (C=O) groups excluding carboxylic acids is 1. The maximum absolute atomic E-state index is 12.1. The van der Waals surface area contributed by atoms with Crippen LogP contribution in [-0.2, 0) is 11.2 Å². The molecule has 0 fully saturated rings. The van der Waals surface area contributed by atoms with Gasteiger partial charge in [-0.2, -0.15) is 0 Å². The molecular formula is C15H25N3O. The molecule has 0 aliphatic carbocycles. The minimum atomic E-state index is -0.410. The Morgan fingerprint density at radius 1 is 1.16 bits per heavy atom. The Balaban J connectivity index is 2.36. The van der Waals surface area contributed by atoms with Crippen molar-refractivity contribution in [2.75, 3.05) is 34.2 Å². The monoisotopic (exact) mass is 263 g/mol. The minimum Gasteiger partial charge on any atom is -0.343 e. The molecular weight excluding hydrogens is 238 g/mol. The number of aryl methyl sites for hydroxylation is 1. The van der Waals surface area contributed by atoms with Crippen LogP contribution < -0.4 is 5.73 Å². The number of nitrogens with zero attached hydrogens (tertiary/aromatic N) is 2. The molecule has 0 unspecified atom stereocenters. The zero-order valence-corrected chi connectivity index (χ0v) is 12.2. The van der Waals surface area contributed by atoms with E-state index in [9.17, 15) is 4.79 Å². The largest absolute Gasteiger partial charge is 0.343 e. The van der Waals surface area contributed by atoms with Crippen molar-refractivity contribution in [2.24, 2.45) is 5.73 Å². The van der Waals surface area contributed by atoms with Crippen molar-refractivity contribution in [1.82, 2.24) is 9.80 Å². The third kappa shape index (κ3) is 5.85. The summed E-state index contributed by atoms with van der Waals surface area (Å²) >= 11 is 0. The summed E-state index contributed by atoms with van der Waals surface area (Å²) in [6.07, 6.45) is 1.53. The van der Waals surface area contributed by atoms with Gasteiger partial charge in [0.1, 0.15) is 0 Å². The molecule has 0 saturated carbocycles. The molecule has 0 spiro atoms. The second-order valence-electron chi connectivity index (χ2n) is 5.19. The van der Waals surface area contributed by atoms with Crippen molar-refractivity contribution in [3.05, 3.63) is 35.9 Å². The second kappa shape index (κ2) is 7.92. The van der Waals surface area contributed by atoms with Crippen molar-refractivity contribution in [3.8, 4) is 0 Å². The van der Waals surface area contributed by atoms with Crippen molar-refractivity contribution in [1.29, 1.82) is 0 Å². The van der Waals surface area contributed by atoms with E-state index in [1.807, 2.05) is 39.3 Å². The molecule has 1 aromatic carbocycles. The lowest BCUT2D eigenvalue weighted by atomic mass is 10.1. The number of hydrogen-bond donors (Lipinski definition) is 1. The van der Waals surface area contributed by atoms with Crippen LogP contribution >= 0.6 is 0 Å². The van der Waals surface area contributed by atoms with Gasteiger partial charge in [0.2, 0.25) is 5.91 Å². The van der Waals surface area contributed by atoms with Crippen LogP contribution in [-0.4, -0.2) is 56.0 Å². The van der Waals surface area contributed by atoms with Gasteiger partial charge in [0.25, 0.3) is 0 Å². The van der Waals surface area contributed by atoms with Crippen LogP contribution in [0.3, 0.4) is 0 Å². The fourth-order valence-corrected chi connectivity index (χ4v) is 1.83. The lowest BCUT2D eigenvalue weighted by Crippen LogP contribution is -2.44. The Morgan fingerprint density at radius 3 is 2.37 bits per heavy atom. The molecule has 0 saturated heterocycles. The highest BCUT2D eigenvalue weighted by atomic mass is 16.2. The van der Waals surface area contributed by atoms with Gasteiger partial charge in [-0.05, 0) is 32.5 Å². The first-order valence-corrected chi connectivity index (χ1v) is 6.70. The van der Waals surface area contributed by atoms with E-state index >= 15 is 0 Å². The fourth-order valence-electron chi connectivity index (χ4n) is 1.83. The zero-order chi connectivity index (χ0) is 14.3. The molecule has 19 heavy (non-hydrogen) atoms. The number of rotatable bonds is 7. The molecule has 2 N–H and O–H groups in total. The van der Waals surface area contributed by atoms with Gasteiger partial charge in [0.05, 0.1) is 6.04 Å². The number of amides is 1. The lowest BCUT2D eigenvalue weighted by molar-refractivity contribution is -0.131. The number of carbonyl (C=O) groups is 1. The Labute approximate surface area is 116 Å². The van der Waals surface area contributed by atoms with E-state index in [0.717, 1.165) is 13.0 Å². The Bertz CT molecular complexity index is 378. The molecule has 1 atom stereocenters. The van der Waals surface area contributed by atoms with Crippen LogP contribution in [0.25, 0.3) is 0 Å². The van der Waals surface area contributed by atoms with Gasteiger partial charge in [0.15, 0.2) is 0 Å². The third-order valence-corrected chi connectivity index (χ3v) is 3.16. The Hall–Kier alpha value is -1.39. The molecule has 0 radical (unpaired) electrons. The summed E-state index contributed by atoms with van der Waals surface area (Å²) in [4.78, 5) is 15.8. The first-order chi connectivity index (χ1) is 9.00. The first kappa shape index (κ1) is 15.7. The van der Waals surface area contributed by atoms with E-state index in [1.54, 1.807) is 4.90 Å². The van der Waals surface area contributed by atoms with Crippen LogP contribution in [0.4, 0.5) is 0 Å². The predicted octanol–water partition coefficient (Wildman–Crippen LogP) is 0.967. The number of likely N-dealkylation sites (N-methyl/N-ethyl adjacent to an activating group) is 2. The average molecular weight is 263 g/mol. The highest BCUT2D eigenvalue weighted by Crippen LogP contribution is 2.05. The SMILES string of the molecule is CN(C)CCN(C)C(=O)[C@@H](N)CCc1ccccc1. The molecule has 0 heterocycles. The molecule has 0 aliphatic heterocycles. The maximum Gasteiger partial charge on any atom is 0.239 e. The van der Waals surface area contributed by atoms with Crippen molar-refractivity contribution in [2.45, 2.75) is 18.9 Å². The predicted molar refractivity (Wildman–Crippen MR) is 78.9 cm³/mol. The number of benzene rings is 1. The van der Waals surface area contributed by atoms with Gasteiger partial charge >= 0.3 is 0 Å². The normalized spacial score (nSPS) is 12.5. The van der Waals surface area contributed by atoms with Gasteiger partial charge in [-0.25, -0.2) is 0 Å². The summed E-state index contributed by atoms with van der Waals surface area (Å²) in [7, 11) is 5.80. The molecule has 1 amide bonds. The van der Waals surface area contributed by atoms with Crippen molar-refractivity contribution < 1.29 is 4.79 Å². The van der Waals surface area contributed by atoms with Gasteiger partial charge in [-0.3, -0.25) is 4.79 Å². The van der Waals surface area contributed by atoms with E-state index < -0.39 is 6.04 Å². The lowest BCUT2D eigenvalue weighted by Gasteiger charge is -2.23. The molecule has 0 aliphatic rings. The van der Waals surface area contributed by atoms with Crippen molar-refractivity contribution in [3.63, 3.8) is 0 Å². The smallest absolute Gasteiger partial charge is 0.239 e. The highest BCUT2D eigenvalue weighted by molar-refractivity contribution is 5.81. The zero-order valence-electron chi connectivity index (χ0n) is 12.2. The molecule has 4 nitrogen and oxygen atoms in total. The minimum absolute atomic E-state index is 0.0257. The van der Waals surface area contributed by atoms with E-state index in [2.05, 4.69) is 17.0 Å². The summed E-state index contributed by atoms with van der Waals surface area (Å²) < 4.78 is 0. The third-order valence-electron chi connectivity index (χ3n) is 3.16. The second-order valence-corrected chi connectivity index (χ2v) is 5.19. The van der Waals surface area contributed by atoms with E-state index in [1.165, 1.54) is 5.56 Å². The fraction of sp³-hybridized carbons (Fsp3) is 0.533. The van der Waals surface area contributed by atoms with Gasteiger partial charge in [0, 0.05) is 20.1 Å². The first-order valence-electron chi connectivity index (χ1n) is 6.70. The van der Waals surface area contributed by atoms with Crippen molar-refractivity contribution >= 4 is 5.91 Å². The Kier molecular flexibility index (Phi) is 6.53. The summed E-state index contributed by atoms with van der Waals surface area (Å²) in [5.74, 6) is 0.0257. The van der Waals surface area contributed by atoms with Gasteiger partial charge in [-0.1, -0.05) is 30.3 Å². The number of hydrogen-bond acceptors (Lipinski definition) is 3. The Morgan fingerprint density at radius 2 is 1.79 bits per heavy atom.